The molecule has 150 valence electrons. The quantitative estimate of drug-likeness (QED) is 0.520. The van der Waals surface area contributed by atoms with Gasteiger partial charge in [-0.05, 0) is 25.0 Å². The number of hydrogen-bond acceptors (Lipinski definition) is 7. The van der Waals surface area contributed by atoms with Gasteiger partial charge in [0.2, 0.25) is 5.91 Å². The Morgan fingerprint density at radius 2 is 1.97 bits per heavy atom. The first-order valence-electron chi connectivity index (χ1n) is 9.57. The predicted octanol–water partition coefficient (Wildman–Crippen LogP) is 0.511. The summed E-state index contributed by atoms with van der Waals surface area (Å²) in [6, 6.07) is 3.29. The van der Waals surface area contributed by atoms with Crippen molar-refractivity contribution in [3.63, 3.8) is 0 Å². The predicted molar refractivity (Wildman–Crippen MR) is 106 cm³/mol. The van der Waals surface area contributed by atoms with Crippen LogP contribution < -0.4 is 15.5 Å². The second-order valence-corrected chi connectivity index (χ2v) is 6.87. The topological polar surface area (TPSA) is 129 Å². The summed E-state index contributed by atoms with van der Waals surface area (Å²) in [6.07, 6.45) is 7.95. The van der Waals surface area contributed by atoms with Gasteiger partial charge >= 0.3 is 0 Å². The molecule has 2 amide bonds. The Balaban J connectivity index is 1.28. The van der Waals surface area contributed by atoms with Crippen molar-refractivity contribution in [2.75, 3.05) is 31.1 Å². The number of hydrogen-bond donors (Lipinski definition) is 3. The molecule has 3 N–H and O–H groups in total. The lowest BCUT2D eigenvalue weighted by atomic mass is 9.97. The van der Waals surface area contributed by atoms with Gasteiger partial charge in [-0.1, -0.05) is 0 Å². The van der Waals surface area contributed by atoms with Crippen LogP contribution in [0.5, 0.6) is 0 Å². The van der Waals surface area contributed by atoms with Gasteiger partial charge < -0.3 is 20.5 Å². The van der Waals surface area contributed by atoms with E-state index in [2.05, 4.69) is 40.5 Å². The number of fused-ring (bicyclic) bond motifs is 1. The molecule has 10 heteroatoms. The number of rotatable bonds is 6. The second-order valence-electron chi connectivity index (χ2n) is 6.87. The Morgan fingerprint density at radius 3 is 2.83 bits per heavy atom. The number of H-pyrrole nitrogens is 1. The summed E-state index contributed by atoms with van der Waals surface area (Å²) in [5, 5.41) is 5.71. The molecule has 1 atom stereocenters. The van der Waals surface area contributed by atoms with Gasteiger partial charge in [-0.2, -0.15) is 0 Å². The number of imidazole rings is 1. The van der Waals surface area contributed by atoms with Crippen LogP contribution in [0.2, 0.25) is 0 Å². The van der Waals surface area contributed by atoms with E-state index < -0.39 is 0 Å². The zero-order chi connectivity index (χ0) is 20.1. The van der Waals surface area contributed by atoms with Gasteiger partial charge in [-0.25, -0.2) is 15.0 Å². The van der Waals surface area contributed by atoms with Crippen molar-refractivity contribution in [2.24, 2.45) is 5.92 Å². The molecule has 0 bridgehead atoms. The molecule has 0 aliphatic carbocycles. The molecule has 10 nitrogen and oxygen atoms in total. The number of aromatic nitrogens is 5. The molecular weight excluding hydrogens is 372 g/mol. The molecule has 29 heavy (non-hydrogen) atoms. The highest BCUT2D eigenvalue weighted by Gasteiger charge is 2.27. The molecule has 1 fully saturated rings. The summed E-state index contributed by atoms with van der Waals surface area (Å²) in [5.41, 5.74) is 1.95. The van der Waals surface area contributed by atoms with Crippen molar-refractivity contribution in [1.82, 2.24) is 35.6 Å². The minimum Gasteiger partial charge on any atom is -0.354 e. The SMILES string of the molecule is O=C(NCCNC(=O)[C@@H]1CCCN(c2ncnc3nc[nH]c23)C1)c1ccncc1. The Labute approximate surface area is 167 Å². The minimum absolute atomic E-state index is 0.0113. The molecule has 4 rings (SSSR count). The number of piperidine rings is 1. The van der Waals surface area contributed by atoms with E-state index in [-0.39, 0.29) is 17.7 Å². The maximum absolute atomic E-state index is 12.6. The lowest BCUT2D eigenvalue weighted by Crippen LogP contribution is -2.45. The molecule has 3 aromatic heterocycles. The van der Waals surface area contributed by atoms with E-state index in [9.17, 15) is 9.59 Å². The molecule has 0 radical (unpaired) electrons. The highest BCUT2D eigenvalue weighted by molar-refractivity contribution is 5.94. The monoisotopic (exact) mass is 394 g/mol. The third kappa shape index (κ3) is 4.31. The summed E-state index contributed by atoms with van der Waals surface area (Å²) in [4.78, 5) is 46.3. The van der Waals surface area contributed by atoms with Crippen LogP contribution in [0.1, 0.15) is 23.2 Å². The van der Waals surface area contributed by atoms with Gasteiger partial charge in [-0.3, -0.25) is 14.6 Å². The maximum atomic E-state index is 12.6. The van der Waals surface area contributed by atoms with Crippen molar-refractivity contribution in [2.45, 2.75) is 12.8 Å². The van der Waals surface area contributed by atoms with E-state index in [1.165, 1.54) is 6.33 Å². The fourth-order valence-electron chi connectivity index (χ4n) is 3.49. The van der Waals surface area contributed by atoms with Crippen LogP contribution in [0.3, 0.4) is 0 Å². The van der Waals surface area contributed by atoms with Crippen LogP contribution >= 0.6 is 0 Å². The molecule has 1 aliphatic rings. The van der Waals surface area contributed by atoms with Crippen LogP contribution in [0, 0.1) is 5.92 Å². The number of carbonyl (C=O) groups excluding carboxylic acids is 2. The van der Waals surface area contributed by atoms with Crippen LogP contribution in [-0.4, -0.2) is 62.9 Å². The zero-order valence-corrected chi connectivity index (χ0v) is 15.8. The average molecular weight is 394 g/mol. The standard InChI is InChI=1S/C19H22N8O2/c28-18(13-3-5-20-6-4-13)21-7-8-22-19(29)14-2-1-9-27(10-14)17-15-16(24-11-23-15)25-12-26-17/h3-6,11-12,14H,1-2,7-10H2,(H,21,28)(H,22,29)(H,23,24,25,26)/t14-/m1/s1. The Kier molecular flexibility index (Phi) is 5.59. The smallest absolute Gasteiger partial charge is 0.251 e. The Morgan fingerprint density at radius 1 is 1.14 bits per heavy atom. The molecule has 0 unspecified atom stereocenters. The molecular formula is C19H22N8O2. The van der Waals surface area contributed by atoms with Crippen molar-refractivity contribution in [1.29, 1.82) is 0 Å². The summed E-state index contributed by atoms with van der Waals surface area (Å²) >= 11 is 0. The highest BCUT2D eigenvalue weighted by atomic mass is 16.2. The molecule has 0 saturated carbocycles. The van der Waals surface area contributed by atoms with Gasteiger partial charge in [0.05, 0.1) is 12.2 Å². The fraction of sp³-hybridized carbons (Fsp3) is 0.368. The molecule has 3 aromatic rings. The van der Waals surface area contributed by atoms with Gasteiger partial charge in [-0.15, -0.1) is 0 Å². The number of nitrogens with zero attached hydrogens (tertiary/aromatic N) is 5. The lowest BCUT2D eigenvalue weighted by Gasteiger charge is -2.32. The molecule has 1 saturated heterocycles. The van der Waals surface area contributed by atoms with Crippen LogP contribution in [-0.2, 0) is 4.79 Å². The molecule has 0 aromatic carbocycles. The third-order valence-corrected chi connectivity index (χ3v) is 4.95. The number of nitrogens with one attached hydrogen (secondary N) is 3. The average Bonchev–Trinajstić information content (AvgIpc) is 3.26. The first-order chi connectivity index (χ1) is 14.2. The fourth-order valence-corrected chi connectivity index (χ4v) is 3.49. The van der Waals surface area contributed by atoms with Gasteiger partial charge in [0.15, 0.2) is 11.5 Å². The third-order valence-electron chi connectivity index (χ3n) is 4.95. The number of carbonyl (C=O) groups is 2. The number of aromatic amines is 1. The van der Waals surface area contributed by atoms with Crippen LogP contribution in [0.4, 0.5) is 5.82 Å². The van der Waals surface area contributed by atoms with E-state index in [1.54, 1.807) is 30.9 Å². The first kappa shape index (κ1) is 18.8. The van der Waals surface area contributed by atoms with Crippen molar-refractivity contribution >= 4 is 28.8 Å². The van der Waals surface area contributed by atoms with E-state index in [0.717, 1.165) is 30.7 Å². The second kappa shape index (κ2) is 8.63. The maximum Gasteiger partial charge on any atom is 0.251 e. The lowest BCUT2D eigenvalue weighted by molar-refractivity contribution is -0.125. The highest BCUT2D eigenvalue weighted by Crippen LogP contribution is 2.25. The largest absolute Gasteiger partial charge is 0.354 e. The van der Waals surface area contributed by atoms with Gasteiger partial charge in [0.25, 0.3) is 5.91 Å². The van der Waals surface area contributed by atoms with Gasteiger partial charge in [0.1, 0.15) is 11.8 Å². The van der Waals surface area contributed by atoms with Crippen LogP contribution in [0.15, 0.2) is 37.2 Å². The number of anilines is 1. The summed E-state index contributed by atoms with van der Waals surface area (Å²) in [7, 11) is 0. The summed E-state index contributed by atoms with van der Waals surface area (Å²) in [6.45, 7) is 2.16. The van der Waals surface area contributed by atoms with E-state index in [4.69, 9.17) is 0 Å². The first-order valence-corrected chi connectivity index (χ1v) is 9.57. The van der Waals surface area contributed by atoms with Crippen molar-refractivity contribution < 1.29 is 9.59 Å². The number of pyridine rings is 1. The van der Waals surface area contributed by atoms with Crippen LogP contribution in [0.25, 0.3) is 11.2 Å². The summed E-state index contributed by atoms with van der Waals surface area (Å²) < 4.78 is 0. The van der Waals surface area contributed by atoms with E-state index >= 15 is 0 Å². The Bertz CT molecular complexity index is 990. The molecule has 4 heterocycles. The molecule has 0 spiro atoms. The Hall–Kier alpha value is -3.56. The summed E-state index contributed by atoms with van der Waals surface area (Å²) in [5.74, 6) is 0.447. The van der Waals surface area contributed by atoms with E-state index in [1.807, 2.05) is 0 Å². The minimum atomic E-state index is -0.183. The normalized spacial score (nSPS) is 16.6. The van der Waals surface area contributed by atoms with Gasteiger partial charge in [0, 0.05) is 44.1 Å². The van der Waals surface area contributed by atoms with Crippen molar-refractivity contribution in [3.05, 3.63) is 42.7 Å². The number of amides is 2. The molecule has 1 aliphatic heterocycles. The zero-order valence-electron chi connectivity index (χ0n) is 15.8. The van der Waals surface area contributed by atoms with Crippen molar-refractivity contribution in [3.8, 4) is 0 Å². The van der Waals surface area contributed by atoms with E-state index in [0.29, 0.717) is 30.8 Å².